The standard InChI is InChI=1S/C19H26ClFN2O/c20-18-11-15(21)5-6-17(18)14-3-1-13(2-4-14)7-9-22-16-8-10-23-19(24)12-16/h5-6,11,13-14,16,22H,1-4,7-10,12H2,(H,23,24)/t13?,14?,16-/m1/s1. The van der Waals surface area contributed by atoms with Crippen LogP contribution >= 0.6 is 11.6 Å². The van der Waals surface area contributed by atoms with E-state index >= 15 is 0 Å². The van der Waals surface area contributed by atoms with Gasteiger partial charge in [0.05, 0.1) is 0 Å². The number of amides is 1. The molecule has 1 amide bonds. The lowest BCUT2D eigenvalue weighted by atomic mass is 9.77. The number of hydrogen-bond donors (Lipinski definition) is 2. The van der Waals surface area contributed by atoms with Crippen LogP contribution in [0.1, 0.15) is 56.4 Å². The van der Waals surface area contributed by atoms with Gasteiger partial charge in [0, 0.05) is 24.0 Å². The molecule has 1 aromatic carbocycles. The Morgan fingerprint density at radius 2 is 2.00 bits per heavy atom. The van der Waals surface area contributed by atoms with Gasteiger partial charge >= 0.3 is 0 Å². The van der Waals surface area contributed by atoms with Crippen molar-refractivity contribution in [2.24, 2.45) is 5.92 Å². The Bertz CT molecular complexity index is 572. The van der Waals surface area contributed by atoms with Crippen molar-refractivity contribution in [1.29, 1.82) is 0 Å². The normalized spacial score (nSPS) is 27.8. The van der Waals surface area contributed by atoms with Gasteiger partial charge in [-0.2, -0.15) is 0 Å². The predicted octanol–water partition coefficient (Wildman–Crippen LogP) is 4.01. The lowest BCUT2D eigenvalue weighted by Gasteiger charge is -2.30. The molecule has 1 aromatic rings. The van der Waals surface area contributed by atoms with Gasteiger partial charge in [0.1, 0.15) is 5.82 Å². The Balaban J connectivity index is 1.40. The fourth-order valence-electron chi connectivity index (χ4n) is 4.04. The molecule has 1 aliphatic carbocycles. The predicted molar refractivity (Wildman–Crippen MR) is 94.8 cm³/mol. The molecule has 0 spiro atoms. The lowest BCUT2D eigenvalue weighted by Crippen LogP contribution is -2.43. The van der Waals surface area contributed by atoms with Gasteiger partial charge in [-0.15, -0.1) is 0 Å². The van der Waals surface area contributed by atoms with Crippen LogP contribution in [0.3, 0.4) is 0 Å². The van der Waals surface area contributed by atoms with Crippen molar-refractivity contribution >= 4 is 17.5 Å². The molecule has 132 valence electrons. The Morgan fingerprint density at radius 1 is 1.21 bits per heavy atom. The van der Waals surface area contributed by atoms with Crippen molar-refractivity contribution in [2.45, 2.75) is 56.9 Å². The summed E-state index contributed by atoms with van der Waals surface area (Å²) in [6.45, 7) is 1.78. The minimum atomic E-state index is -0.264. The van der Waals surface area contributed by atoms with Gasteiger partial charge in [-0.1, -0.05) is 17.7 Å². The van der Waals surface area contributed by atoms with Crippen molar-refractivity contribution in [2.75, 3.05) is 13.1 Å². The molecule has 1 aliphatic heterocycles. The highest BCUT2D eigenvalue weighted by Gasteiger charge is 2.24. The van der Waals surface area contributed by atoms with E-state index in [0.717, 1.165) is 43.8 Å². The van der Waals surface area contributed by atoms with Crippen LogP contribution in [0.5, 0.6) is 0 Å². The second kappa shape index (κ2) is 8.30. The van der Waals surface area contributed by atoms with E-state index in [1.807, 2.05) is 6.07 Å². The van der Waals surface area contributed by atoms with Crippen molar-refractivity contribution < 1.29 is 9.18 Å². The number of nitrogens with one attached hydrogen (secondary N) is 2. The van der Waals surface area contributed by atoms with E-state index < -0.39 is 0 Å². The van der Waals surface area contributed by atoms with E-state index in [9.17, 15) is 9.18 Å². The highest BCUT2D eigenvalue weighted by atomic mass is 35.5. The van der Waals surface area contributed by atoms with E-state index in [-0.39, 0.29) is 11.7 Å². The lowest BCUT2D eigenvalue weighted by molar-refractivity contribution is -0.122. The summed E-state index contributed by atoms with van der Waals surface area (Å²) in [4.78, 5) is 11.4. The molecule has 3 rings (SSSR count). The first-order valence-electron chi connectivity index (χ1n) is 9.07. The summed E-state index contributed by atoms with van der Waals surface area (Å²) in [5.74, 6) is 1.10. The summed E-state index contributed by atoms with van der Waals surface area (Å²) < 4.78 is 13.2. The van der Waals surface area contributed by atoms with Crippen LogP contribution in [0.2, 0.25) is 5.02 Å². The quantitative estimate of drug-likeness (QED) is 0.840. The van der Waals surface area contributed by atoms with E-state index in [1.165, 1.54) is 31.4 Å². The molecule has 0 unspecified atom stereocenters. The third-order valence-corrected chi connectivity index (χ3v) is 5.81. The number of benzene rings is 1. The zero-order chi connectivity index (χ0) is 16.9. The minimum Gasteiger partial charge on any atom is -0.356 e. The molecule has 1 heterocycles. The molecule has 2 aliphatic rings. The first-order chi connectivity index (χ1) is 11.6. The summed E-state index contributed by atoms with van der Waals surface area (Å²) in [5.41, 5.74) is 1.10. The smallest absolute Gasteiger partial charge is 0.221 e. The van der Waals surface area contributed by atoms with E-state index in [1.54, 1.807) is 0 Å². The number of halogens is 2. The van der Waals surface area contributed by atoms with Crippen molar-refractivity contribution in [3.8, 4) is 0 Å². The van der Waals surface area contributed by atoms with Crippen LogP contribution in [-0.4, -0.2) is 25.0 Å². The molecule has 0 radical (unpaired) electrons. The number of hydrogen-bond acceptors (Lipinski definition) is 2. The summed E-state index contributed by atoms with van der Waals surface area (Å²) in [6.07, 6.45) is 7.46. The second-order valence-electron chi connectivity index (χ2n) is 7.17. The third kappa shape index (κ3) is 4.70. The maximum Gasteiger partial charge on any atom is 0.221 e. The molecule has 5 heteroatoms. The average molecular weight is 353 g/mol. The number of rotatable bonds is 5. The molecule has 2 N–H and O–H groups in total. The average Bonchev–Trinajstić information content (AvgIpc) is 2.56. The van der Waals surface area contributed by atoms with Crippen LogP contribution in [0, 0.1) is 11.7 Å². The molecule has 2 fully saturated rings. The Kier molecular flexibility index (Phi) is 6.12. The molecule has 1 saturated heterocycles. The van der Waals surface area contributed by atoms with Crippen LogP contribution in [0.15, 0.2) is 18.2 Å². The van der Waals surface area contributed by atoms with Gasteiger partial charge < -0.3 is 10.6 Å². The van der Waals surface area contributed by atoms with Gasteiger partial charge in [0.25, 0.3) is 0 Å². The summed E-state index contributed by atoms with van der Waals surface area (Å²) in [7, 11) is 0. The Morgan fingerprint density at radius 3 is 2.71 bits per heavy atom. The fraction of sp³-hybridized carbons (Fsp3) is 0.632. The number of carbonyl (C=O) groups excluding carboxylic acids is 1. The molecule has 1 atom stereocenters. The van der Waals surface area contributed by atoms with Gasteiger partial charge in [-0.05, 0) is 74.6 Å². The third-order valence-electron chi connectivity index (χ3n) is 5.48. The molecule has 1 saturated carbocycles. The highest BCUT2D eigenvalue weighted by Crippen LogP contribution is 2.39. The fourth-order valence-corrected chi connectivity index (χ4v) is 4.37. The second-order valence-corrected chi connectivity index (χ2v) is 7.57. The van der Waals surface area contributed by atoms with Gasteiger partial charge in [-0.3, -0.25) is 4.79 Å². The molecular formula is C19H26ClFN2O. The maximum absolute atomic E-state index is 13.2. The number of carbonyl (C=O) groups is 1. The van der Waals surface area contributed by atoms with Gasteiger partial charge in [0.15, 0.2) is 0 Å². The highest BCUT2D eigenvalue weighted by molar-refractivity contribution is 6.31. The van der Waals surface area contributed by atoms with Gasteiger partial charge in [0.2, 0.25) is 5.91 Å². The van der Waals surface area contributed by atoms with Crippen LogP contribution in [-0.2, 0) is 4.79 Å². The van der Waals surface area contributed by atoms with Gasteiger partial charge in [-0.25, -0.2) is 4.39 Å². The Hall–Kier alpha value is -1.13. The minimum absolute atomic E-state index is 0.162. The zero-order valence-corrected chi connectivity index (χ0v) is 14.7. The molecule has 3 nitrogen and oxygen atoms in total. The van der Waals surface area contributed by atoms with E-state index in [2.05, 4.69) is 10.6 Å². The Labute approximate surface area is 148 Å². The first kappa shape index (κ1) is 17.7. The molecule has 0 bridgehead atoms. The molecular weight excluding hydrogens is 327 g/mol. The maximum atomic E-state index is 13.2. The summed E-state index contributed by atoms with van der Waals surface area (Å²) in [5, 5.41) is 6.97. The largest absolute Gasteiger partial charge is 0.356 e. The zero-order valence-electron chi connectivity index (χ0n) is 14.0. The first-order valence-corrected chi connectivity index (χ1v) is 9.44. The SMILES string of the molecule is O=C1C[C@H](NCCC2CCC(c3ccc(F)cc3Cl)CC2)CCN1. The number of piperidine rings is 1. The molecule has 0 aromatic heterocycles. The summed E-state index contributed by atoms with van der Waals surface area (Å²) in [6, 6.07) is 5.12. The monoisotopic (exact) mass is 352 g/mol. The van der Waals surface area contributed by atoms with Crippen LogP contribution in [0.25, 0.3) is 0 Å². The molecule has 24 heavy (non-hydrogen) atoms. The summed E-state index contributed by atoms with van der Waals surface area (Å²) >= 11 is 6.20. The topological polar surface area (TPSA) is 41.1 Å². The van der Waals surface area contributed by atoms with E-state index in [4.69, 9.17) is 11.6 Å². The van der Waals surface area contributed by atoms with Crippen LogP contribution < -0.4 is 10.6 Å². The van der Waals surface area contributed by atoms with Crippen molar-refractivity contribution in [1.82, 2.24) is 10.6 Å². The van der Waals surface area contributed by atoms with E-state index in [0.29, 0.717) is 23.4 Å². The van der Waals surface area contributed by atoms with Crippen molar-refractivity contribution in [3.63, 3.8) is 0 Å². The van der Waals surface area contributed by atoms with Crippen LogP contribution in [0.4, 0.5) is 4.39 Å². The van der Waals surface area contributed by atoms with Crippen molar-refractivity contribution in [3.05, 3.63) is 34.6 Å².